The van der Waals surface area contributed by atoms with Gasteiger partial charge >= 0.3 is 0 Å². The summed E-state index contributed by atoms with van der Waals surface area (Å²) in [5.41, 5.74) is 2.45. The molecule has 5 nitrogen and oxygen atoms in total. The second-order valence-electron chi connectivity index (χ2n) is 6.27. The van der Waals surface area contributed by atoms with E-state index in [-0.39, 0.29) is 11.8 Å². The fraction of sp³-hybridized carbons (Fsp3) is 0.444. The molecule has 1 amide bonds. The number of aromatic amines is 1. The largest absolute Gasteiger partial charge is 0.393 e. The minimum absolute atomic E-state index is 0.0728. The Morgan fingerprint density at radius 3 is 2.52 bits per heavy atom. The molecule has 23 heavy (non-hydrogen) atoms. The van der Waals surface area contributed by atoms with E-state index in [0.717, 1.165) is 11.3 Å². The molecule has 2 atom stereocenters. The average molecular weight is 315 g/mol. The molecular formula is C18H25N3O2. The molecule has 0 spiro atoms. The molecule has 2 rings (SSSR count). The lowest BCUT2D eigenvalue weighted by Crippen LogP contribution is -2.30. The Bertz CT molecular complexity index is 620. The van der Waals surface area contributed by atoms with E-state index in [1.54, 1.807) is 13.0 Å². The molecule has 2 aromatic rings. The summed E-state index contributed by atoms with van der Waals surface area (Å²) in [4.78, 5) is 12.2. The van der Waals surface area contributed by atoms with Gasteiger partial charge < -0.3 is 10.4 Å². The van der Waals surface area contributed by atoms with Gasteiger partial charge in [0.25, 0.3) is 5.91 Å². The maximum atomic E-state index is 12.2. The normalized spacial score (nSPS) is 13.8. The van der Waals surface area contributed by atoms with E-state index >= 15 is 0 Å². The summed E-state index contributed by atoms with van der Waals surface area (Å²) in [6.07, 6.45) is 0.178. The summed E-state index contributed by atoms with van der Waals surface area (Å²) in [6.45, 7) is 6.32. The van der Waals surface area contributed by atoms with E-state index in [9.17, 15) is 9.90 Å². The van der Waals surface area contributed by atoms with Crippen LogP contribution < -0.4 is 5.32 Å². The molecule has 0 radical (unpaired) electrons. The Kier molecular flexibility index (Phi) is 5.93. The van der Waals surface area contributed by atoms with Crippen LogP contribution in [0.2, 0.25) is 0 Å². The van der Waals surface area contributed by atoms with Crippen LogP contribution in [0.1, 0.15) is 60.8 Å². The lowest BCUT2D eigenvalue weighted by Gasteiger charge is -2.19. The van der Waals surface area contributed by atoms with Gasteiger partial charge in [0.1, 0.15) is 5.69 Å². The smallest absolute Gasteiger partial charge is 0.271 e. The molecule has 0 aliphatic heterocycles. The molecule has 0 saturated heterocycles. The Balaban J connectivity index is 2.01. The van der Waals surface area contributed by atoms with Crippen LogP contribution in [0.3, 0.4) is 0 Å². The zero-order valence-electron chi connectivity index (χ0n) is 13.9. The fourth-order valence-electron chi connectivity index (χ4n) is 2.53. The van der Waals surface area contributed by atoms with Gasteiger partial charge in [-0.25, -0.2) is 0 Å². The van der Waals surface area contributed by atoms with Crippen molar-refractivity contribution >= 4 is 5.91 Å². The molecule has 1 heterocycles. The molecule has 0 bridgehead atoms. The summed E-state index contributed by atoms with van der Waals surface area (Å²) in [5.74, 6) is 0.180. The van der Waals surface area contributed by atoms with Gasteiger partial charge in [0.05, 0.1) is 6.10 Å². The van der Waals surface area contributed by atoms with Crippen molar-refractivity contribution in [2.24, 2.45) is 0 Å². The number of H-pyrrole nitrogens is 1. The van der Waals surface area contributed by atoms with Crippen LogP contribution in [0.5, 0.6) is 0 Å². The number of carbonyl (C=O) groups excluding carboxylic acids is 1. The highest BCUT2D eigenvalue weighted by Gasteiger charge is 2.17. The predicted molar refractivity (Wildman–Crippen MR) is 90.5 cm³/mol. The third kappa shape index (κ3) is 4.93. The van der Waals surface area contributed by atoms with E-state index in [1.165, 1.54) is 0 Å². The molecule has 0 fully saturated rings. The number of aromatic nitrogens is 2. The molecule has 1 aromatic carbocycles. The standard InChI is InChI=1S/C18H25N3O2/c1-12(2)16-10-17(21-20-16)18(23)19-11-15(9-13(3)22)14-7-5-4-6-8-14/h4-8,10,12-13,15,22H,9,11H2,1-3H3,(H,19,23)(H,20,21). The van der Waals surface area contributed by atoms with E-state index < -0.39 is 6.10 Å². The van der Waals surface area contributed by atoms with Crippen molar-refractivity contribution in [1.82, 2.24) is 15.5 Å². The van der Waals surface area contributed by atoms with E-state index in [1.807, 2.05) is 44.2 Å². The van der Waals surface area contributed by atoms with Gasteiger partial charge in [-0.1, -0.05) is 44.2 Å². The van der Waals surface area contributed by atoms with Gasteiger partial charge in [-0.2, -0.15) is 5.10 Å². The highest BCUT2D eigenvalue weighted by molar-refractivity contribution is 5.92. The van der Waals surface area contributed by atoms with Crippen molar-refractivity contribution in [3.05, 3.63) is 53.3 Å². The molecule has 2 unspecified atom stereocenters. The van der Waals surface area contributed by atoms with Gasteiger partial charge in [0, 0.05) is 18.2 Å². The molecule has 0 saturated carbocycles. The van der Waals surface area contributed by atoms with Gasteiger partial charge in [-0.15, -0.1) is 0 Å². The Morgan fingerprint density at radius 1 is 1.26 bits per heavy atom. The van der Waals surface area contributed by atoms with Crippen LogP contribution in [0, 0.1) is 0 Å². The first-order chi connectivity index (χ1) is 11.0. The number of benzene rings is 1. The van der Waals surface area contributed by atoms with Crippen LogP contribution in [0.25, 0.3) is 0 Å². The Labute approximate surface area is 137 Å². The molecular weight excluding hydrogens is 290 g/mol. The number of hydrogen-bond donors (Lipinski definition) is 3. The first-order valence-corrected chi connectivity index (χ1v) is 8.04. The molecule has 124 valence electrons. The minimum Gasteiger partial charge on any atom is -0.393 e. The van der Waals surface area contributed by atoms with Crippen LogP contribution in [-0.2, 0) is 0 Å². The number of carbonyl (C=O) groups is 1. The maximum Gasteiger partial charge on any atom is 0.271 e. The first-order valence-electron chi connectivity index (χ1n) is 8.04. The van der Waals surface area contributed by atoms with Gasteiger partial charge in [0.2, 0.25) is 0 Å². The number of aliphatic hydroxyl groups is 1. The summed E-state index contributed by atoms with van der Waals surface area (Å²) in [7, 11) is 0. The average Bonchev–Trinajstić information content (AvgIpc) is 3.02. The molecule has 1 aromatic heterocycles. The van der Waals surface area contributed by atoms with Crippen molar-refractivity contribution < 1.29 is 9.90 Å². The van der Waals surface area contributed by atoms with Crippen molar-refractivity contribution in [2.75, 3.05) is 6.54 Å². The number of nitrogens with one attached hydrogen (secondary N) is 2. The van der Waals surface area contributed by atoms with Crippen molar-refractivity contribution in [1.29, 1.82) is 0 Å². The highest BCUT2D eigenvalue weighted by atomic mass is 16.3. The molecule has 5 heteroatoms. The predicted octanol–water partition coefficient (Wildman–Crippen LogP) is 2.82. The highest BCUT2D eigenvalue weighted by Crippen LogP contribution is 2.20. The Hall–Kier alpha value is -2.14. The number of amides is 1. The number of aliphatic hydroxyl groups excluding tert-OH is 1. The van der Waals surface area contributed by atoms with Gasteiger partial charge in [-0.05, 0) is 30.9 Å². The lowest BCUT2D eigenvalue weighted by atomic mass is 9.93. The number of nitrogens with zero attached hydrogens (tertiary/aromatic N) is 1. The van der Waals surface area contributed by atoms with Crippen LogP contribution in [-0.4, -0.2) is 33.9 Å². The third-order valence-corrected chi connectivity index (χ3v) is 3.86. The van der Waals surface area contributed by atoms with Gasteiger partial charge in [-0.3, -0.25) is 9.89 Å². The monoisotopic (exact) mass is 315 g/mol. The van der Waals surface area contributed by atoms with E-state index in [4.69, 9.17) is 0 Å². The quantitative estimate of drug-likeness (QED) is 0.735. The number of rotatable bonds is 7. The van der Waals surface area contributed by atoms with Crippen molar-refractivity contribution in [3.8, 4) is 0 Å². The van der Waals surface area contributed by atoms with E-state index in [2.05, 4.69) is 15.5 Å². The summed E-state index contributed by atoms with van der Waals surface area (Å²) in [5, 5.41) is 19.6. The van der Waals surface area contributed by atoms with E-state index in [0.29, 0.717) is 24.6 Å². The molecule has 0 aliphatic rings. The number of hydrogen-bond acceptors (Lipinski definition) is 3. The molecule has 0 aliphatic carbocycles. The summed E-state index contributed by atoms with van der Waals surface area (Å²) < 4.78 is 0. The maximum absolute atomic E-state index is 12.2. The lowest BCUT2D eigenvalue weighted by molar-refractivity contribution is 0.0940. The zero-order valence-corrected chi connectivity index (χ0v) is 13.9. The van der Waals surface area contributed by atoms with Crippen LogP contribution in [0.4, 0.5) is 0 Å². The minimum atomic E-state index is -0.421. The summed E-state index contributed by atoms with van der Waals surface area (Å²) in [6, 6.07) is 11.7. The van der Waals surface area contributed by atoms with Crippen molar-refractivity contribution in [3.63, 3.8) is 0 Å². The van der Waals surface area contributed by atoms with Crippen LogP contribution >= 0.6 is 0 Å². The van der Waals surface area contributed by atoms with Crippen molar-refractivity contribution in [2.45, 2.75) is 45.1 Å². The van der Waals surface area contributed by atoms with Gasteiger partial charge in [0.15, 0.2) is 0 Å². The van der Waals surface area contributed by atoms with Crippen LogP contribution in [0.15, 0.2) is 36.4 Å². The SMILES string of the molecule is CC(O)CC(CNC(=O)c1cc(C(C)C)[nH]n1)c1ccccc1. The zero-order chi connectivity index (χ0) is 16.8. The molecule has 3 N–H and O–H groups in total. The third-order valence-electron chi connectivity index (χ3n) is 3.86. The summed E-state index contributed by atoms with van der Waals surface area (Å²) >= 11 is 0. The second kappa shape index (κ2) is 7.92. The second-order valence-corrected chi connectivity index (χ2v) is 6.27. The topological polar surface area (TPSA) is 78.0 Å². The fourth-order valence-corrected chi connectivity index (χ4v) is 2.53. The Morgan fingerprint density at radius 2 is 1.96 bits per heavy atom. The first kappa shape index (κ1) is 17.2.